The van der Waals surface area contributed by atoms with Gasteiger partial charge in [-0.15, -0.1) is 20.5 Å². The van der Waals surface area contributed by atoms with Crippen LogP contribution in [0, 0.1) is 0 Å². The van der Waals surface area contributed by atoms with Crippen molar-refractivity contribution >= 4 is 110 Å². The second-order valence-electron chi connectivity index (χ2n) is 12.1. The Balaban J connectivity index is 1.94. The molecule has 8 N–H and O–H groups in total. The molecule has 0 aliphatic heterocycles. The average molecular weight is 1040 g/mol. The first kappa shape index (κ1) is 51.5. The molecule has 0 saturated carbocycles. The lowest BCUT2D eigenvalue weighted by molar-refractivity contribution is 0.282. The van der Waals surface area contributed by atoms with Crippen molar-refractivity contribution in [2.45, 2.75) is 24.5 Å². The first-order valence-corrected chi connectivity index (χ1v) is 26.4. The van der Waals surface area contributed by atoms with Crippen molar-refractivity contribution in [1.82, 2.24) is 0 Å². The molecule has 0 fully saturated rings. The lowest BCUT2D eigenvalue weighted by Crippen LogP contribution is -2.16. The number of phenols is 1. The van der Waals surface area contributed by atoms with Crippen molar-refractivity contribution < 1.29 is 105 Å². The minimum Gasteiger partial charge on any atom is -0.505 e. The van der Waals surface area contributed by atoms with Crippen LogP contribution in [0.2, 0.25) is 0 Å². The van der Waals surface area contributed by atoms with Crippen LogP contribution in [0.4, 0.5) is 28.4 Å². The third-order valence-corrected chi connectivity index (χ3v) is 14.8. The van der Waals surface area contributed by atoms with E-state index in [1.807, 2.05) is 0 Å². The summed E-state index contributed by atoms with van der Waals surface area (Å²) in [5.74, 6) is -4.49. The SMILES string of the molecule is COc1cc(S(=O)(=O)CCOS(=O)(=O)O)c(OC)cc1N=Nc1c(S(=O)(=O)O)cc2cc(S(=O)(=O)O)c(N=Nc3ccc(S(=O)(=O)CCOS(=O)(=O)O)cc3S(=O)(=O)O)c(O)c2c1N. The van der Waals surface area contributed by atoms with Gasteiger partial charge in [0.2, 0.25) is 0 Å². The standard InChI is InChI=1S/C28H29N5O24S7/c1-54-18-13-21(59(37,38)8-6-57-64(51,52)53)19(55-2)12-17(18)31-32-26-22(61(42,43)44)9-14-10-23(62(45,46)47)27(28(34)24(14)25(26)29)33-30-16-4-3-15(11-20(16)60(39,40)41)58(35,36)7-5-56-63(48,49)50/h3-4,9-13,34H,5-8,29H2,1-2H3,(H,39,40,41)(H,42,43,44)(H,45,46,47)(H,48,49,50)(H,51,52,53). The van der Waals surface area contributed by atoms with Gasteiger partial charge in [-0.2, -0.15) is 42.1 Å². The Bertz CT molecular complexity index is 3430. The molecule has 0 aliphatic carbocycles. The summed E-state index contributed by atoms with van der Waals surface area (Å²) in [6.07, 6.45) is 0. The molecule has 0 saturated heterocycles. The number of nitrogens with zero attached hydrogens (tertiary/aromatic N) is 4. The molecule has 0 heterocycles. The molecular formula is C28H29N5O24S7. The van der Waals surface area contributed by atoms with Crippen molar-refractivity contribution in [2.75, 3.05) is 44.7 Å². The number of aromatic hydroxyl groups is 1. The largest absolute Gasteiger partial charge is 0.505 e. The summed E-state index contributed by atoms with van der Waals surface area (Å²) in [6.45, 7) is -2.19. The Kier molecular flexibility index (Phi) is 14.8. The molecule has 0 radical (unpaired) electrons. The molecule has 0 amide bonds. The number of azo groups is 2. The third-order valence-electron chi connectivity index (χ3n) is 7.92. The Labute approximate surface area is 362 Å². The van der Waals surface area contributed by atoms with Gasteiger partial charge < -0.3 is 20.3 Å². The first-order valence-electron chi connectivity index (χ1n) is 16.1. The molecule has 0 aliphatic rings. The van der Waals surface area contributed by atoms with Crippen molar-refractivity contribution in [2.24, 2.45) is 20.5 Å². The summed E-state index contributed by atoms with van der Waals surface area (Å²) < 4.78 is 235. The lowest BCUT2D eigenvalue weighted by Gasteiger charge is -2.15. The van der Waals surface area contributed by atoms with Crippen molar-refractivity contribution in [3.8, 4) is 17.2 Å². The summed E-state index contributed by atoms with van der Waals surface area (Å²) in [4.78, 5) is -5.46. The normalized spacial score (nSPS) is 13.5. The molecule has 4 aromatic carbocycles. The van der Waals surface area contributed by atoms with Gasteiger partial charge in [0.25, 0.3) is 30.4 Å². The van der Waals surface area contributed by atoms with Crippen LogP contribution in [0.5, 0.6) is 17.2 Å². The van der Waals surface area contributed by atoms with Gasteiger partial charge in [-0.3, -0.25) is 22.8 Å². The van der Waals surface area contributed by atoms with Crippen LogP contribution >= 0.6 is 0 Å². The zero-order valence-electron chi connectivity index (χ0n) is 31.6. The molecule has 4 aromatic rings. The number of rotatable bonds is 19. The highest BCUT2D eigenvalue weighted by atomic mass is 32.3. The molecular weight excluding hydrogens is 1010 g/mol. The van der Waals surface area contributed by atoms with E-state index in [1.165, 1.54) is 0 Å². The minimum absolute atomic E-state index is 0.308. The predicted octanol–water partition coefficient (Wildman–Crippen LogP) is 1.90. The number of fused-ring (bicyclic) bond motifs is 1. The fraction of sp³-hybridized carbons (Fsp3) is 0.214. The lowest BCUT2D eigenvalue weighted by atomic mass is 10.1. The van der Waals surface area contributed by atoms with Gasteiger partial charge >= 0.3 is 20.8 Å². The summed E-state index contributed by atoms with van der Waals surface area (Å²) in [5.41, 5.74) is 1.55. The molecule has 64 heavy (non-hydrogen) atoms. The quantitative estimate of drug-likeness (QED) is 0.0400. The average Bonchev–Trinajstić information content (AvgIpc) is 3.13. The highest BCUT2D eigenvalue weighted by Crippen LogP contribution is 2.49. The van der Waals surface area contributed by atoms with Crippen LogP contribution in [0.1, 0.15) is 0 Å². The number of benzene rings is 4. The van der Waals surface area contributed by atoms with Gasteiger partial charge in [0, 0.05) is 12.1 Å². The number of methoxy groups -OCH3 is 2. The summed E-state index contributed by atoms with van der Waals surface area (Å²) in [7, 11) is -33.6. The predicted molar refractivity (Wildman–Crippen MR) is 213 cm³/mol. The van der Waals surface area contributed by atoms with E-state index >= 15 is 0 Å². The van der Waals surface area contributed by atoms with E-state index in [1.54, 1.807) is 0 Å². The maximum Gasteiger partial charge on any atom is 0.397 e. The number of phenolic OH excluding ortho intramolecular Hbond substituents is 1. The summed E-state index contributed by atoms with van der Waals surface area (Å²) in [5, 5.41) is 24.4. The van der Waals surface area contributed by atoms with E-state index < -0.39 is 176 Å². The molecule has 0 unspecified atom stereocenters. The van der Waals surface area contributed by atoms with Gasteiger partial charge in [0.1, 0.15) is 53.8 Å². The second kappa shape index (κ2) is 18.4. The van der Waals surface area contributed by atoms with Gasteiger partial charge in [0.15, 0.2) is 25.4 Å². The molecule has 0 aromatic heterocycles. The van der Waals surface area contributed by atoms with Gasteiger partial charge in [-0.1, -0.05) is 0 Å². The Morgan fingerprint density at radius 3 is 1.48 bits per heavy atom. The highest BCUT2D eigenvalue weighted by Gasteiger charge is 2.30. The van der Waals surface area contributed by atoms with E-state index in [0.717, 1.165) is 26.4 Å². The molecule has 0 atom stereocenters. The van der Waals surface area contributed by atoms with E-state index in [-0.39, 0.29) is 0 Å². The van der Waals surface area contributed by atoms with Crippen molar-refractivity contribution in [3.63, 3.8) is 0 Å². The fourth-order valence-electron chi connectivity index (χ4n) is 5.19. The van der Waals surface area contributed by atoms with E-state index in [4.69, 9.17) is 24.3 Å². The van der Waals surface area contributed by atoms with Crippen LogP contribution in [0.25, 0.3) is 10.8 Å². The van der Waals surface area contributed by atoms with Crippen LogP contribution in [0.15, 0.2) is 87.4 Å². The van der Waals surface area contributed by atoms with Gasteiger partial charge in [-0.05, 0) is 35.7 Å². The molecule has 36 heteroatoms. The number of anilines is 1. The number of ether oxygens (including phenoxy) is 2. The van der Waals surface area contributed by atoms with Crippen LogP contribution in [-0.4, -0.2) is 126 Å². The Morgan fingerprint density at radius 1 is 0.531 bits per heavy atom. The smallest absolute Gasteiger partial charge is 0.397 e. The Hall–Kier alpha value is -5.09. The van der Waals surface area contributed by atoms with Gasteiger partial charge in [0.05, 0.1) is 54.9 Å². The molecule has 4 rings (SSSR count). The maximum atomic E-state index is 13.0. The molecule has 29 nitrogen and oxygen atoms in total. The first-order chi connectivity index (χ1) is 29.1. The van der Waals surface area contributed by atoms with E-state index in [9.17, 15) is 77.7 Å². The fourth-order valence-corrected chi connectivity index (χ4v) is 10.4. The number of nitrogen functional groups attached to an aromatic ring is 1. The van der Waals surface area contributed by atoms with E-state index in [2.05, 4.69) is 28.8 Å². The highest BCUT2D eigenvalue weighted by molar-refractivity contribution is 7.92. The zero-order valence-corrected chi connectivity index (χ0v) is 37.3. The van der Waals surface area contributed by atoms with Crippen LogP contribution < -0.4 is 15.2 Å². The number of nitrogens with two attached hydrogens (primary N) is 1. The number of sulfone groups is 2. The topological polar surface area (TPSA) is 473 Å². The summed E-state index contributed by atoms with van der Waals surface area (Å²) in [6, 6.07) is 4.17. The van der Waals surface area contributed by atoms with Crippen LogP contribution in [0.3, 0.4) is 0 Å². The second-order valence-corrected chi connectivity index (χ2v) is 22.6. The third kappa shape index (κ3) is 12.4. The van der Waals surface area contributed by atoms with E-state index in [0.29, 0.717) is 30.3 Å². The Morgan fingerprint density at radius 2 is 1.00 bits per heavy atom. The monoisotopic (exact) mass is 1040 g/mol. The number of hydrogen-bond donors (Lipinski definition) is 7. The molecule has 0 spiro atoms. The zero-order chi connectivity index (χ0) is 48.6. The minimum atomic E-state index is -5.54. The van der Waals surface area contributed by atoms with Crippen molar-refractivity contribution in [1.29, 1.82) is 0 Å². The molecule has 352 valence electrons. The number of hydrogen-bond acceptors (Lipinski definition) is 24. The van der Waals surface area contributed by atoms with Gasteiger partial charge in [-0.25, -0.2) is 25.2 Å². The maximum absolute atomic E-state index is 13.0. The van der Waals surface area contributed by atoms with Crippen LogP contribution in [-0.2, 0) is 79.2 Å². The summed E-state index contributed by atoms with van der Waals surface area (Å²) >= 11 is 0. The molecule has 0 bridgehead atoms. The van der Waals surface area contributed by atoms with Crippen molar-refractivity contribution in [3.05, 3.63) is 42.5 Å².